The van der Waals surface area contributed by atoms with Crippen LogP contribution in [-0.4, -0.2) is 20.9 Å². The van der Waals surface area contributed by atoms with E-state index in [1.54, 1.807) is 6.20 Å². The fourth-order valence-corrected chi connectivity index (χ4v) is 2.90. The van der Waals surface area contributed by atoms with Crippen molar-refractivity contribution >= 4 is 5.91 Å². The number of hydrogen-bond donors (Lipinski definition) is 2. The molecule has 9 heteroatoms. The number of carbonyl (C=O) groups is 1. The first-order valence-electron chi connectivity index (χ1n) is 8.82. The monoisotopic (exact) mass is 406 g/mol. The zero-order valence-electron chi connectivity index (χ0n) is 15.2. The molecule has 29 heavy (non-hydrogen) atoms. The van der Waals surface area contributed by atoms with E-state index in [9.17, 15) is 22.4 Å². The SMILES string of the molecule is O=C(CCc1cnc[nH]1)N[C@@H](c1ccc(CF)cc1)c1ncccc1C(F)(F)F. The molecule has 0 radical (unpaired) electrons. The highest BCUT2D eigenvalue weighted by molar-refractivity contribution is 5.77. The van der Waals surface area contributed by atoms with Gasteiger partial charge in [0.2, 0.25) is 5.91 Å². The first-order valence-corrected chi connectivity index (χ1v) is 8.82. The Hall–Kier alpha value is -3.23. The molecule has 0 aliphatic rings. The number of aromatic nitrogens is 3. The number of carbonyl (C=O) groups excluding carboxylic acids is 1. The Morgan fingerprint density at radius 3 is 2.55 bits per heavy atom. The minimum absolute atomic E-state index is 0.0510. The molecular formula is C20H18F4N4O. The van der Waals surface area contributed by atoms with Gasteiger partial charge in [-0.25, -0.2) is 9.37 Å². The van der Waals surface area contributed by atoms with E-state index >= 15 is 0 Å². The van der Waals surface area contributed by atoms with Crippen LogP contribution in [0.3, 0.4) is 0 Å². The van der Waals surface area contributed by atoms with Gasteiger partial charge in [0.25, 0.3) is 0 Å². The third-order valence-electron chi connectivity index (χ3n) is 4.37. The quantitative estimate of drug-likeness (QED) is 0.580. The number of H-pyrrole nitrogens is 1. The number of nitrogens with one attached hydrogen (secondary N) is 2. The molecule has 0 saturated heterocycles. The van der Waals surface area contributed by atoms with Crippen LogP contribution in [0.15, 0.2) is 55.1 Å². The summed E-state index contributed by atoms with van der Waals surface area (Å²) in [5.41, 5.74) is 0.241. The molecule has 3 rings (SSSR count). The number of nitrogens with zero attached hydrogens (tertiary/aromatic N) is 2. The van der Waals surface area contributed by atoms with Gasteiger partial charge in [0.15, 0.2) is 0 Å². The van der Waals surface area contributed by atoms with Gasteiger partial charge in [0, 0.05) is 24.5 Å². The molecule has 2 heterocycles. The fourth-order valence-electron chi connectivity index (χ4n) is 2.90. The predicted octanol–water partition coefficient (Wildman–Crippen LogP) is 4.13. The lowest BCUT2D eigenvalue weighted by molar-refractivity contribution is -0.139. The van der Waals surface area contributed by atoms with Crippen molar-refractivity contribution < 1.29 is 22.4 Å². The molecule has 0 saturated carbocycles. The van der Waals surface area contributed by atoms with E-state index in [1.165, 1.54) is 42.9 Å². The highest BCUT2D eigenvalue weighted by Gasteiger charge is 2.36. The third-order valence-corrected chi connectivity index (χ3v) is 4.37. The summed E-state index contributed by atoms with van der Waals surface area (Å²) >= 11 is 0. The zero-order valence-corrected chi connectivity index (χ0v) is 15.2. The number of aromatic amines is 1. The molecule has 0 bridgehead atoms. The van der Waals surface area contributed by atoms with Gasteiger partial charge in [-0.3, -0.25) is 9.78 Å². The van der Waals surface area contributed by atoms with E-state index < -0.39 is 30.4 Å². The van der Waals surface area contributed by atoms with E-state index in [1.807, 2.05) is 0 Å². The Kier molecular flexibility index (Phi) is 6.26. The second kappa shape index (κ2) is 8.85. The summed E-state index contributed by atoms with van der Waals surface area (Å²) < 4.78 is 53.3. The molecule has 2 N–H and O–H groups in total. The summed E-state index contributed by atoms with van der Waals surface area (Å²) in [6.45, 7) is -0.696. The third kappa shape index (κ3) is 5.18. The molecule has 0 spiro atoms. The Balaban J connectivity index is 1.91. The van der Waals surface area contributed by atoms with Gasteiger partial charge in [-0.15, -0.1) is 0 Å². The maximum atomic E-state index is 13.5. The van der Waals surface area contributed by atoms with E-state index in [0.717, 1.165) is 11.8 Å². The highest BCUT2D eigenvalue weighted by Crippen LogP contribution is 2.35. The molecule has 0 fully saturated rings. The maximum Gasteiger partial charge on any atom is 0.418 e. The van der Waals surface area contributed by atoms with Crippen LogP contribution < -0.4 is 5.32 Å². The highest BCUT2D eigenvalue weighted by atomic mass is 19.4. The van der Waals surface area contributed by atoms with Gasteiger partial charge in [-0.05, 0) is 29.7 Å². The average Bonchev–Trinajstić information content (AvgIpc) is 3.24. The molecule has 0 aliphatic carbocycles. The molecule has 0 unspecified atom stereocenters. The minimum Gasteiger partial charge on any atom is -0.348 e. The molecule has 152 valence electrons. The zero-order chi connectivity index (χ0) is 20.9. The smallest absolute Gasteiger partial charge is 0.348 e. The Bertz CT molecular complexity index is 940. The molecule has 0 aliphatic heterocycles. The van der Waals surface area contributed by atoms with Gasteiger partial charge in [0.1, 0.15) is 6.67 Å². The molecule has 5 nitrogen and oxygen atoms in total. The van der Waals surface area contributed by atoms with E-state index in [2.05, 4.69) is 20.3 Å². The van der Waals surface area contributed by atoms with Crippen LogP contribution >= 0.6 is 0 Å². The number of hydrogen-bond acceptors (Lipinski definition) is 3. The van der Waals surface area contributed by atoms with Crippen molar-refractivity contribution in [1.29, 1.82) is 0 Å². The van der Waals surface area contributed by atoms with Crippen molar-refractivity contribution in [2.75, 3.05) is 0 Å². The van der Waals surface area contributed by atoms with Gasteiger partial charge < -0.3 is 10.3 Å². The summed E-state index contributed by atoms with van der Waals surface area (Å²) in [6.07, 6.45) is 0.0572. The maximum absolute atomic E-state index is 13.5. The van der Waals surface area contributed by atoms with Crippen LogP contribution in [0, 0.1) is 0 Å². The largest absolute Gasteiger partial charge is 0.418 e. The molecule has 2 aromatic heterocycles. The lowest BCUT2D eigenvalue weighted by Crippen LogP contribution is -2.31. The molecule has 3 aromatic rings. The number of pyridine rings is 1. The number of aryl methyl sites for hydroxylation is 1. The normalized spacial score (nSPS) is 12.6. The number of rotatable bonds is 7. The van der Waals surface area contributed by atoms with Gasteiger partial charge in [-0.2, -0.15) is 13.2 Å². The van der Waals surface area contributed by atoms with Gasteiger partial charge in [-0.1, -0.05) is 24.3 Å². The molecule has 1 aromatic carbocycles. The molecule has 1 amide bonds. The lowest BCUT2D eigenvalue weighted by Gasteiger charge is -2.22. The van der Waals surface area contributed by atoms with Crippen molar-refractivity contribution in [3.05, 3.63) is 83.2 Å². The summed E-state index contributed by atoms with van der Waals surface area (Å²) in [6, 6.07) is 6.89. The van der Waals surface area contributed by atoms with Crippen LogP contribution in [0.25, 0.3) is 0 Å². The van der Waals surface area contributed by atoms with E-state index in [-0.39, 0.29) is 12.1 Å². The van der Waals surface area contributed by atoms with Crippen LogP contribution in [0.5, 0.6) is 0 Å². The summed E-state index contributed by atoms with van der Waals surface area (Å²) in [5.74, 6) is -0.446. The average molecular weight is 406 g/mol. The van der Waals surface area contributed by atoms with Crippen molar-refractivity contribution in [2.45, 2.75) is 31.7 Å². The number of amides is 1. The van der Waals surface area contributed by atoms with Gasteiger partial charge in [0.05, 0.1) is 23.6 Å². The second-order valence-corrected chi connectivity index (χ2v) is 6.39. The van der Waals surface area contributed by atoms with Crippen LogP contribution in [0.4, 0.5) is 17.6 Å². The van der Waals surface area contributed by atoms with Crippen molar-refractivity contribution in [2.24, 2.45) is 0 Å². The van der Waals surface area contributed by atoms with Crippen molar-refractivity contribution in [3.8, 4) is 0 Å². The van der Waals surface area contributed by atoms with Crippen LogP contribution in [-0.2, 0) is 24.1 Å². The minimum atomic E-state index is -4.64. The predicted molar refractivity (Wildman–Crippen MR) is 97.4 cm³/mol. The Morgan fingerprint density at radius 1 is 1.17 bits per heavy atom. The van der Waals surface area contributed by atoms with Crippen molar-refractivity contribution in [3.63, 3.8) is 0 Å². The summed E-state index contributed by atoms with van der Waals surface area (Å²) in [5, 5.41) is 2.63. The van der Waals surface area contributed by atoms with Crippen molar-refractivity contribution in [1.82, 2.24) is 20.3 Å². The van der Waals surface area contributed by atoms with E-state index in [0.29, 0.717) is 17.5 Å². The number of benzene rings is 1. The summed E-state index contributed by atoms with van der Waals surface area (Å²) in [7, 11) is 0. The van der Waals surface area contributed by atoms with E-state index in [4.69, 9.17) is 0 Å². The second-order valence-electron chi connectivity index (χ2n) is 6.39. The number of alkyl halides is 4. The first-order chi connectivity index (χ1) is 13.9. The first kappa shape index (κ1) is 20.5. The number of halogens is 4. The van der Waals surface area contributed by atoms with Gasteiger partial charge >= 0.3 is 6.18 Å². The van der Waals surface area contributed by atoms with Crippen LogP contribution in [0.1, 0.15) is 40.5 Å². The molecular weight excluding hydrogens is 388 g/mol. The Morgan fingerprint density at radius 2 is 1.93 bits per heavy atom. The standard InChI is InChI=1S/C20H18F4N4O/c21-10-13-3-5-14(6-4-13)18(19-16(20(22,23)24)2-1-9-26-19)28-17(29)8-7-15-11-25-12-27-15/h1-6,9,11-12,18H,7-8,10H2,(H,25,27)(H,28,29)/t18-/m0/s1. The number of imidazole rings is 1. The fraction of sp³-hybridized carbons (Fsp3) is 0.250. The molecule has 1 atom stereocenters. The topological polar surface area (TPSA) is 70.7 Å². The lowest BCUT2D eigenvalue weighted by atomic mass is 9.97. The Labute approximate surface area is 164 Å². The van der Waals surface area contributed by atoms with Crippen LogP contribution in [0.2, 0.25) is 0 Å². The summed E-state index contributed by atoms with van der Waals surface area (Å²) in [4.78, 5) is 23.1.